The van der Waals surface area contributed by atoms with Gasteiger partial charge in [-0.05, 0) is 0 Å². The number of nitrogens with one attached hydrogen (secondary N) is 1. The summed E-state index contributed by atoms with van der Waals surface area (Å²) >= 11 is 0. The molecule has 4 heteroatoms. The van der Waals surface area contributed by atoms with Crippen molar-refractivity contribution in [1.29, 1.82) is 5.26 Å². The first kappa shape index (κ1) is 6.38. The van der Waals surface area contributed by atoms with Gasteiger partial charge in [-0.3, -0.25) is 0 Å². The maximum atomic E-state index is 8.63. The maximum Gasteiger partial charge on any atom is 0.162 e. The molecule has 1 aromatic rings. The molecule has 0 saturated heterocycles. The first-order valence-electron chi connectivity index (χ1n) is 3.56. The van der Waals surface area contributed by atoms with E-state index >= 15 is 0 Å². The van der Waals surface area contributed by atoms with E-state index in [4.69, 9.17) is 5.26 Å². The third-order valence-electron chi connectivity index (χ3n) is 1.87. The molecule has 1 N–H and O–H groups in total. The zero-order valence-corrected chi connectivity index (χ0v) is 6.04. The van der Waals surface area contributed by atoms with E-state index in [0.29, 0.717) is 5.69 Å². The molecule has 2 heterocycles. The van der Waals surface area contributed by atoms with Crippen molar-refractivity contribution < 1.29 is 0 Å². The van der Waals surface area contributed by atoms with Crippen LogP contribution in [0.25, 0.3) is 0 Å². The molecule has 56 valence electrons. The zero-order valence-electron chi connectivity index (χ0n) is 6.04. The molecule has 4 nitrogen and oxygen atoms in total. The fraction of sp³-hybridized carbons (Fsp3) is 0.429. The van der Waals surface area contributed by atoms with E-state index in [-0.39, 0.29) is 0 Å². The molecule has 0 spiro atoms. The molecular formula is C7H8N4. The number of fused-ring (bicyclic) bond motifs is 1. The number of hydrogen-bond donors (Lipinski definition) is 1. The van der Waals surface area contributed by atoms with E-state index in [1.54, 1.807) is 6.33 Å². The van der Waals surface area contributed by atoms with Gasteiger partial charge in [0.2, 0.25) is 0 Å². The summed E-state index contributed by atoms with van der Waals surface area (Å²) in [6.45, 7) is 2.65. The lowest BCUT2D eigenvalue weighted by atomic mass is 10.3. The van der Waals surface area contributed by atoms with Crippen molar-refractivity contribution in [2.24, 2.45) is 0 Å². The highest BCUT2D eigenvalue weighted by Gasteiger charge is 2.12. The van der Waals surface area contributed by atoms with Gasteiger partial charge < -0.3 is 9.88 Å². The number of imidazole rings is 1. The second-order valence-corrected chi connectivity index (χ2v) is 2.52. The molecule has 0 fully saturated rings. The summed E-state index contributed by atoms with van der Waals surface area (Å²) in [4.78, 5) is 3.98. The van der Waals surface area contributed by atoms with E-state index < -0.39 is 0 Å². The SMILES string of the molecule is N#Cc1ncn2c1CNCC2. The summed E-state index contributed by atoms with van der Waals surface area (Å²) in [6, 6.07) is 2.06. The Morgan fingerprint density at radius 3 is 3.45 bits per heavy atom. The van der Waals surface area contributed by atoms with Gasteiger partial charge in [0.15, 0.2) is 5.69 Å². The predicted molar refractivity (Wildman–Crippen MR) is 38.6 cm³/mol. The Morgan fingerprint density at radius 1 is 1.73 bits per heavy atom. The zero-order chi connectivity index (χ0) is 7.68. The van der Waals surface area contributed by atoms with Crippen LogP contribution in [0, 0.1) is 11.3 Å². The van der Waals surface area contributed by atoms with Crippen LogP contribution in [-0.4, -0.2) is 16.1 Å². The van der Waals surface area contributed by atoms with Crippen LogP contribution in [0.1, 0.15) is 11.4 Å². The quantitative estimate of drug-likeness (QED) is 0.557. The van der Waals surface area contributed by atoms with E-state index in [0.717, 1.165) is 25.3 Å². The number of rotatable bonds is 0. The minimum atomic E-state index is 0.553. The van der Waals surface area contributed by atoms with Crippen molar-refractivity contribution in [3.8, 4) is 6.07 Å². The lowest BCUT2D eigenvalue weighted by molar-refractivity contribution is 0.515. The summed E-state index contributed by atoms with van der Waals surface area (Å²) in [6.07, 6.45) is 1.73. The van der Waals surface area contributed by atoms with Crippen molar-refractivity contribution in [1.82, 2.24) is 14.9 Å². The van der Waals surface area contributed by atoms with Crippen molar-refractivity contribution in [3.63, 3.8) is 0 Å². The van der Waals surface area contributed by atoms with Crippen molar-refractivity contribution >= 4 is 0 Å². The highest BCUT2D eigenvalue weighted by molar-refractivity contribution is 5.27. The Balaban J connectivity index is 2.48. The number of aromatic nitrogens is 2. The third-order valence-corrected chi connectivity index (χ3v) is 1.87. The van der Waals surface area contributed by atoms with Gasteiger partial charge in [0.25, 0.3) is 0 Å². The van der Waals surface area contributed by atoms with Gasteiger partial charge in [0, 0.05) is 19.6 Å². The average molecular weight is 148 g/mol. The minimum absolute atomic E-state index is 0.553. The van der Waals surface area contributed by atoms with E-state index in [2.05, 4.69) is 16.4 Å². The third kappa shape index (κ3) is 0.900. The van der Waals surface area contributed by atoms with Crippen molar-refractivity contribution in [3.05, 3.63) is 17.7 Å². The fourth-order valence-corrected chi connectivity index (χ4v) is 1.29. The molecular weight excluding hydrogens is 140 g/mol. The predicted octanol–water partition coefficient (Wildman–Crippen LogP) is -0.142. The summed E-state index contributed by atoms with van der Waals surface area (Å²) in [7, 11) is 0. The van der Waals surface area contributed by atoms with Crippen LogP contribution in [0.5, 0.6) is 0 Å². The smallest absolute Gasteiger partial charge is 0.162 e. The molecule has 0 unspecified atom stereocenters. The van der Waals surface area contributed by atoms with Crippen LogP contribution in [0.2, 0.25) is 0 Å². The molecule has 0 bridgehead atoms. The summed E-state index contributed by atoms with van der Waals surface area (Å²) in [5.41, 5.74) is 1.57. The minimum Gasteiger partial charge on any atom is -0.331 e. The molecule has 1 aromatic heterocycles. The molecule has 0 atom stereocenters. The van der Waals surface area contributed by atoms with Gasteiger partial charge in [-0.1, -0.05) is 0 Å². The van der Waals surface area contributed by atoms with Crippen LogP contribution in [0.4, 0.5) is 0 Å². The lowest BCUT2D eigenvalue weighted by Gasteiger charge is -2.14. The molecule has 1 aliphatic rings. The highest BCUT2D eigenvalue weighted by atomic mass is 15.1. The highest BCUT2D eigenvalue weighted by Crippen LogP contribution is 2.08. The van der Waals surface area contributed by atoms with E-state index in [9.17, 15) is 0 Å². The normalized spacial score (nSPS) is 15.5. The largest absolute Gasteiger partial charge is 0.331 e. The Bertz CT molecular complexity index is 307. The molecule has 1 aliphatic heterocycles. The van der Waals surface area contributed by atoms with Crippen LogP contribution in [0.15, 0.2) is 6.33 Å². The Kier molecular flexibility index (Phi) is 1.37. The first-order chi connectivity index (χ1) is 5.42. The van der Waals surface area contributed by atoms with Gasteiger partial charge in [-0.2, -0.15) is 5.26 Å². The van der Waals surface area contributed by atoms with Crippen LogP contribution < -0.4 is 5.32 Å². The molecule has 0 amide bonds. The summed E-state index contributed by atoms with van der Waals surface area (Å²) < 4.78 is 2.02. The number of hydrogen-bond acceptors (Lipinski definition) is 3. The Morgan fingerprint density at radius 2 is 2.64 bits per heavy atom. The van der Waals surface area contributed by atoms with Gasteiger partial charge >= 0.3 is 0 Å². The van der Waals surface area contributed by atoms with Crippen LogP contribution >= 0.6 is 0 Å². The number of nitrogens with zero attached hydrogens (tertiary/aromatic N) is 3. The molecule has 2 rings (SSSR count). The Hall–Kier alpha value is -1.34. The molecule has 0 aromatic carbocycles. The fourth-order valence-electron chi connectivity index (χ4n) is 1.29. The average Bonchev–Trinajstić information content (AvgIpc) is 2.47. The van der Waals surface area contributed by atoms with Gasteiger partial charge in [-0.25, -0.2) is 4.98 Å². The van der Waals surface area contributed by atoms with Crippen LogP contribution in [0.3, 0.4) is 0 Å². The van der Waals surface area contributed by atoms with E-state index in [1.165, 1.54) is 0 Å². The maximum absolute atomic E-state index is 8.63. The van der Waals surface area contributed by atoms with Gasteiger partial charge in [-0.15, -0.1) is 0 Å². The molecule has 0 radical (unpaired) electrons. The van der Waals surface area contributed by atoms with Crippen molar-refractivity contribution in [2.75, 3.05) is 6.54 Å². The van der Waals surface area contributed by atoms with Crippen molar-refractivity contribution in [2.45, 2.75) is 13.1 Å². The second kappa shape index (κ2) is 2.36. The van der Waals surface area contributed by atoms with Crippen LogP contribution in [-0.2, 0) is 13.1 Å². The summed E-state index contributed by atoms with van der Waals surface area (Å²) in [5.74, 6) is 0. The second-order valence-electron chi connectivity index (χ2n) is 2.52. The molecule has 0 aliphatic carbocycles. The topological polar surface area (TPSA) is 53.6 Å². The Labute approximate surface area is 64.5 Å². The standard InChI is InChI=1S/C7H8N4/c8-3-6-7-4-9-1-2-11(7)5-10-6/h5,9H,1-2,4H2. The number of nitriles is 1. The molecule has 0 saturated carbocycles. The van der Waals surface area contributed by atoms with Gasteiger partial charge in [0.1, 0.15) is 6.07 Å². The van der Waals surface area contributed by atoms with Gasteiger partial charge in [0.05, 0.1) is 12.0 Å². The monoisotopic (exact) mass is 148 g/mol. The first-order valence-corrected chi connectivity index (χ1v) is 3.56. The summed E-state index contributed by atoms with van der Waals surface area (Å²) in [5, 5.41) is 11.8. The van der Waals surface area contributed by atoms with E-state index in [1.807, 2.05) is 4.57 Å². The molecule has 11 heavy (non-hydrogen) atoms. The lowest BCUT2D eigenvalue weighted by Crippen LogP contribution is -2.27.